The van der Waals surface area contributed by atoms with Gasteiger partial charge in [-0.15, -0.1) is 0 Å². The van der Waals surface area contributed by atoms with Crippen molar-refractivity contribution in [3.63, 3.8) is 0 Å². The van der Waals surface area contributed by atoms with Gasteiger partial charge in [0.15, 0.2) is 0 Å². The van der Waals surface area contributed by atoms with Crippen molar-refractivity contribution in [2.45, 2.75) is 56.0 Å². The van der Waals surface area contributed by atoms with Gasteiger partial charge in [0, 0.05) is 0 Å². The van der Waals surface area contributed by atoms with E-state index >= 15 is 0 Å². The van der Waals surface area contributed by atoms with Crippen LogP contribution in [0.4, 0.5) is 0 Å². The molecule has 2 unspecified atom stereocenters. The van der Waals surface area contributed by atoms with Crippen LogP contribution in [0.3, 0.4) is 0 Å². The van der Waals surface area contributed by atoms with E-state index in [-0.39, 0.29) is 0 Å². The summed E-state index contributed by atoms with van der Waals surface area (Å²) in [6, 6.07) is 45.8. The summed E-state index contributed by atoms with van der Waals surface area (Å²) < 4.78 is 6.65. The van der Waals surface area contributed by atoms with Gasteiger partial charge in [-0.3, -0.25) is 0 Å². The van der Waals surface area contributed by atoms with Gasteiger partial charge in [-0.1, -0.05) is 0 Å². The average molecular weight is 718 g/mol. The predicted molar refractivity (Wildman–Crippen MR) is 210 cm³/mol. The van der Waals surface area contributed by atoms with Crippen LogP contribution in [0, 0.1) is 0 Å². The summed E-state index contributed by atoms with van der Waals surface area (Å²) in [4.78, 5) is 0. The molecule has 48 heavy (non-hydrogen) atoms. The normalized spacial score (nSPS) is 17.4. The molecule has 2 heteroatoms. The van der Waals surface area contributed by atoms with E-state index in [1.54, 1.807) is 22.3 Å². The first-order chi connectivity index (χ1) is 23.3. The minimum atomic E-state index is -3.75. The number of rotatable bonds is 8. The Labute approximate surface area is 289 Å². The first-order valence-electron chi connectivity index (χ1n) is 18.0. The van der Waals surface area contributed by atoms with Crippen molar-refractivity contribution in [3.8, 4) is 22.3 Å². The van der Waals surface area contributed by atoms with Gasteiger partial charge in [0.05, 0.1) is 0 Å². The van der Waals surface area contributed by atoms with Gasteiger partial charge in [-0.25, -0.2) is 0 Å². The Morgan fingerprint density at radius 3 is 1.29 bits per heavy atom. The molecule has 0 radical (unpaired) electrons. The number of hydrogen-bond acceptors (Lipinski definition) is 0. The van der Waals surface area contributed by atoms with Crippen LogP contribution in [0.25, 0.3) is 56.0 Å². The van der Waals surface area contributed by atoms with E-state index in [1.165, 1.54) is 80.6 Å². The number of hydrogen-bond donors (Lipinski definition) is 0. The van der Waals surface area contributed by atoms with Gasteiger partial charge in [0.2, 0.25) is 0 Å². The maximum absolute atomic E-state index is 3.75. The molecule has 6 aromatic rings. The molecule has 2 aliphatic carbocycles. The first kappa shape index (κ1) is 31.7. The summed E-state index contributed by atoms with van der Waals surface area (Å²) in [5.74, 6) is 0. The van der Waals surface area contributed by atoms with Gasteiger partial charge < -0.3 is 0 Å². The summed E-state index contributed by atoms with van der Waals surface area (Å²) in [5.41, 5.74) is 15.0. The number of allylic oxidation sites excluding steroid dienone is 2. The minimum absolute atomic E-state index is 0.520. The zero-order valence-electron chi connectivity index (χ0n) is 28.9. The Morgan fingerprint density at radius 2 is 0.854 bits per heavy atom. The van der Waals surface area contributed by atoms with Gasteiger partial charge in [0.25, 0.3) is 0 Å². The van der Waals surface area contributed by atoms with Crippen molar-refractivity contribution < 1.29 is 17.4 Å². The molecule has 0 aromatic heterocycles. The summed E-state index contributed by atoms with van der Waals surface area (Å²) in [7, 11) is 0. The quantitative estimate of drug-likeness (QED) is 0.138. The summed E-state index contributed by atoms with van der Waals surface area (Å²) in [5, 5.41) is 5.31. The first-order valence-corrected chi connectivity index (χ1v) is 31.7. The molecule has 0 heterocycles. The Morgan fingerprint density at radius 1 is 0.479 bits per heavy atom. The van der Waals surface area contributed by atoms with Crippen molar-refractivity contribution in [2.75, 3.05) is 0 Å². The van der Waals surface area contributed by atoms with Crippen LogP contribution >= 0.6 is 0 Å². The zero-order valence-corrected chi connectivity index (χ0v) is 32.8. The monoisotopic (exact) mass is 716 g/mol. The second-order valence-corrected chi connectivity index (χ2v) is 45.9. The van der Waals surface area contributed by atoms with Crippen LogP contribution in [-0.4, -0.2) is 6.88 Å². The molecule has 0 amide bonds. The number of benzene rings is 6. The van der Waals surface area contributed by atoms with E-state index in [0.29, 0.717) is 7.25 Å². The summed E-state index contributed by atoms with van der Waals surface area (Å²) in [6.07, 6.45) is 9.97. The van der Waals surface area contributed by atoms with E-state index in [4.69, 9.17) is 0 Å². The van der Waals surface area contributed by atoms with E-state index in [0.717, 1.165) is 0 Å². The second-order valence-electron chi connectivity index (χ2n) is 15.4. The van der Waals surface area contributed by atoms with Gasteiger partial charge in [0.1, 0.15) is 0 Å². The Balaban J connectivity index is 1.32. The van der Waals surface area contributed by atoms with Gasteiger partial charge in [-0.05, 0) is 0 Å². The van der Waals surface area contributed by atoms with Crippen LogP contribution in [0.5, 0.6) is 0 Å². The molecule has 2 aliphatic rings. The molecule has 0 fully saturated rings. The fourth-order valence-electron chi connectivity index (χ4n) is 9.74. The molecule has 6 aromatic carbocycles. The van der Waals surface area contributed by atoms with Crippen molar-refractivity contribution in [1.29, 1.82) is 0 Å². The Kier molecular flexibility index (Phi) is 7.97. The van der Waals surface area contributed by atoms with Crippen molar-refractivity contribution in [2.24, 2.45) is 0 Å². The van der Waals surface area contributed by atoms with Gasteiger partial charge in [-0.2, -0.15) is 0 Å². The molecule has 0 nitrogen and oxygen atoms in total. The second kappa shape index (κ2) is 12.1. The molecule has 8 rings (SSSR count). The molecule has 0 bridgehead atoms. The predicted octanol–water partition coefficient (Wildman–Crippen LogP) is 12.8. The molecular weight excluding hydrogens is 672 g/mol. The van der Waals surface area contributed by atoms with E-state index in [1.807, 2.05) is 0 Å². The van der Waals surface area contributed by atoms with Crippen molar-refractivity contribution >= 4 is 40.6 Å². The fourth-order valence-corrected chi connectivity index (χ4v) is 29.6. The van der Waals surface area contributed by atoms with E-state index in [2.05, 4.69) is 163 Å². The maximum atomic E-state index is 2.81. The van der Waals surface area contributed by atoms with Crippen LogP contribution in [-0.2, 0) is 17.4 Å². The van der Waals surface area contributed by atoms with Crippen LogP contribution in [0.15, 0.2) is 132 Å². The summed E-state index contributed by atoms with van der Waals surface area (Å²) in [6.45, 7) is 7.22. The topological polar surface area (TPSA) is 0 Å². The van der Waals surface area contributed by atoms with E-state index < -0.39 is 17.4 Å². The molecular formula is C46H46SiZr. The van der Waals surface area contributed by atoms with Crippen molar-refractivity contribution in [3.05, 3.63) is 155 Å². The third-order valence-corrected chi connectivity index (χ3v) is 28.9. The van der Waals surface area contributed by atoms with Crippen molar-refractivity contribution in [1.82, 2.24) is 0 Å². The molecule has 0 N–H and O–H groups in total. The molecule has 0 spiro atoms. The Bertz CT molecular complexity index is 2190. The third kappa shape index (κ3) is 5.02. The number of fused-ring (bicyclic) bond motifs is 4. The third-order valence-electron chi connectivity index (χ3n) is 11.4. The molecule has 0 saturated carbocycles. The van der Waals surface area contributed by atoms with E-state index in [9.17, 15) is 0 Å². The molecule has 0 saturated heterocycles. The summed E-state index contributed by atoms with van der Waals surface area (Å²) >= 11 is -3.75. The Hall–Kier alpha value is -3.58. The molecule has 2 atom stereocenters. The van der Waals surface area contributed by atoms with Gasteiger partial charge >= 0.3 is 291 Å². The molecule has 0 aliphatic heterocycles. The van der Waals surface area contributed by atoms with Crippen LogP contribution < -0.4 is 0 Å². The van der Waals surface area contributed by atoms with Crippen LogP contribution in [0.1, 0.15) is 69.0 Å². The standard InChI is InChI=1S/2C22H19.2CH3.H2Si.Zr/c2*1-2-7-16-14-18-10-6-13-21(22(18)15-16)20-12-5-9-17-8-3-4-11-19(17)20;;;;/h2*3-6,8-15H,2,7H2,1H3;2*1H3;1H2;. The zero-order chi connectivity index (χ0) is 33.1. The fraction of sp³-hybridized carbons (Fsp3) is 0.217. The van der Waals surface area contributed by atoms with Crippen LogP contribution in [0.2, 0.25) is 9.26 Å². The molecule has 238 valence electrons. The average Bonchev–Trinajstić information content (AvgIpc) is 3.68. The SMILES string of the molecule is CCCC1=Cc2c(-c3cccc4ccccc34)cccc2[CH]1[Zr]([CH3])([CH3])(=[SiH2])[CH]1C(CCC)=Cc2c(-c3cccc4ccccc34)cccc21.